The third kappa shape index (κ3) is 5.53. The summed E-state index contributed by atoms with van der Waals surface area (Å²) in [5.74, 6) is -0.788. The normalized spacial score (nSPS) is 15.9. The van der Waals surface area contributed by atoms with Crippen LogP contribution in [0.15, 0.2) is 78.9 Å². The van der Waals surface area contributed by atoms with Crippen LogP contribution < -0.4 is 10.5 Å². The SMILES string of the molecule is NCc1cccc(C2CCN(C(=O)c3cccc(OC[C@](O)(C(=O)O)c4ccccc4)c3)CC2)c1. The van der Waals surface area contributed by atoms with Crippen molar-refractivity contribution >= 4 is 11.9 Å². The summed E-state index contributed by atoms with van der Waals surface area (Å²) in [7, 11) is 0. The Balaban J connectivity index is 1.40. The van der Waals surface area contributed by atoms with Crippen molar-refractivity contribution in [3.63, 3.8) is 0 Å². The Morgan fingerprint density at radius 2 is 1.69 bits per heavy atom. The van der Waals surface area contributed by atoms with Crippen LogP contribution in [0.5, 0.6) is 5.75 Å². The van der Waals surface area contributed by atoms with Crippen molar-refractivity contribution in [3.05, 3.63) is 101 Å². The van der Waals surface area contributed by atoms with Crippen LogP contribution in [0.1, 0.15) is 45.8 Å². The molecule has 4 rings (SSSR count). The van der Waals surface area contributed by atoms with Crippen molar-refractivity contribution in [1.82, 2.24) is 4.90 Å². The molecule has 1 aliphatic rings. The lowest BCUT2D eigenvalue weighted by molar-refractivity contribution is -0.163. The number of amides is 1. The zero-order chi connectivity index (χ0) is 24.8. The largest absolute Gasteiger partial charge is 0.490 e. The summed E-state index contributed by atoms with van der Waals surface area (Å²) in [6.07, 6.45) is 1.75. The number of aliphatic hydroxyl groups is 1. The molecule has 0 spiro atoms. The number of ether oxygens (including phenoxy) is 1. The van der Waals surface area contributed by atoms with Crippen molar-refractivity contribution in [2.75, 3.05) is 19.7 Å². The van der Waals surface area contributed by atoms with E-state index in [2.05, 4.69) is 12.1 Å². The van der Waals surface area contributed by atoms with E-state index in [-0.39, 0.29) is 11.5 Å². The van der Waals surface area contributed by atoms with Crippen LogP contribution in [0.3, 0.4) is 0 Å². The second kappa shape index (κ2) is 10.7. The summed E-state index contributed by atoms with van der Waals surface area (Å²) in [5, 5.41) is 20.4. The van der Waals surface area contributed by atoms with Crippen LogP contribution in [0.4, 0.5) is 0 Å². The molecule has 0 bridgehead atoms. The van der Waals surface area contributed by atoms with E-state index >= 15 is 0 Å². The van der Waals surface area contributed by atoms with Gasteiger partial charge in [-0.15, -0.1) is 0 Å². The van der Waals surface area contributed by atoms with Gasteiger partial charge < -0.3 is 25.6 Å². The van der Waals surface area contributed by atoms with Gasteiger partial charge in [-0.1, -0.05) is 60.7 Å². The first-order valence-electron chi connectivity index (χ1n) is 11.7. The Morgan fingerprint density at radius 3 is 2.37 bits per heavy atom. The maximum atomic E-state index is 13.1. The molecule has 4 N–H and O–H groups in total. The number of carboxylic acids is 1. The second-order valence-electron chi connectivity index (χ2n) is 8.86. The third-order valence-corrected chi connectivity index (χ3v) is 6.57. The Labute approximate surface area is 204 Å². The zero-order valence-corrected chi connectivity index (χ0v) is 19.5. The minimum Gasteiger partial charge on any atom is -0.490 e. The number of hydrogen-bond acceptors (Lipinski definition) is 5. The fraction of sp³-hybridized carbons (Fsp3) is 0.286. The molecule has 7 heteroatoms. The highest BCUT2D eigenvalue weighted by atomic mass is 16.5. The van der Waals surface area contributed by atoms with E-state index in [9.17, 15) is 19.8 Å². The van der Waals surface area contributed by atoms with Gasteiger partial charge in [0.05, 0.1) is 0 Å². The second-order valence-corrected chi connectivity index (χ2v) is 8.86. The lowest BCUT2D eigenvalue weighted by atomic mass is 9.88. The molecule has 1 fully saturated rings. The van der Waals surface area contributed by atoms with Gasteiger partial charge in [0.15, 0.2) is 0 Å². The average molecular weight is 475 g/mol. The van der Waals surface area contributed by atoms with Gasteiger partial charge in [-0.05, 0) is 53.6 Å². The molecule has 0 aliphatic carbocycles. The van der Waals surface area contributed by atoms with Gasteiger partial charge in [-0.25, -0.2) is 4.79 Å². The number of carbonyl (C=O) groups excluding carboxylic acids is 1. The number of likely N-dealkylation sites (tertiary alicyclic amines) is 1. The zero-order valence-electron chi connectivity index (χ0n) is 19.5. The van der Waals surface area contributed by atoms with Gasteiger partial charge in [0, 0.05) is 25.2 Å². The van der Waals surface area contributed by atoms with Gasteiger partial charge in [0.2, 0.25) is 5.60 Å². The monoisotopic (exact) mass is 474 g/mol. The van der Waals surface area contributed by atoms with Crippen LogP contribution in [-0.4, -0.2) is 46.7 Å². The van der Waals surface area contributed by atoms with Crippen LogP contribution in [-0.2, 0) is 16.9 Å². The molecule has 35 heavy (non-hydrogen) atoms. The van der Waals surface area contributed by atoms with Gasteiger partial charge in [0.25, 0.3) is 5.91 Å². The summed E-state index contributed by atoms with van der Waals surface area (Å²) in [6, 6.07) is 23.1. The number of hydrogen-bond donors (Lipinski definition) is 3. The Hall–Kier alpha value is -3.68. The van der Waals surface area contributed by atoms with Gasteiger partial charge in [0.1, 0.15) is 12.4 Å². The molecular formula is C28H30N2O5. The number of benzene rings is 3. The molecule has 0 unspecified atom stereocenters. The maximum Gasteiger partial charge on any atom is 0.344 e. The molecule has 1 atom stereocenters. The minimum atomic E-state index is -2.20. The van der Waals surface area contributed by atoms with Crippen LogP contribution >= 0.6 is 0 Å². The molecular weight excluding hydrogens is 444 g/mol. The Kier molecular flexibility index (Phi) is 7.48. The molecule has 0 aromatic heterocycles. The predicted molar refractivity (Wildman–Crippen MR) is 132 cm³/mol. The lowest BCUT2D eigenvalue weighted by Gasteiger charge is -2.32. The van der Waals surface area contributed by atoms with Crippen molar-refractivity contribution in [3.8, 4) is 5.75 Å². The number of piperidine rings is 1. The van der Waals surface area contributed by atoms with Crippen LogP contribution in [0.2, 0.25) is 0 Å². The lowest BCUT2D eigenvalue weighted by Crippen LogP contribution is -2.41. The minimum absolute atomic E-state index is 0.0961. The van der Waals surface area contributed by atoms with E-state index in [4.69, 9.17) is 10.5 Å². The maximum absolute atomic E-state index is 13.1. The first-order valence-corrected chi connectivity index (χ1v) is 11.7. The number of carbonyl (C=O) groups is 2. The van der Waals surface area contributed by atoms with E-state index in [0.717, 1.165) is 18.4 Å². The number of nitrogens with two attached hydrogens (primary N) is 1. The molecule has 3 aromatic carbocycles. The summed E-state index contributed by atoms with van der Waals surface area (Å²) in [5.41, 5.74) is 6.63. The number of rotatable bonds is 8. The third-order valence-electron chi connectivity index (χ3n) is 6.57. The summed E-state index contributed by atoms with van der Waals surface area (Å²) >= 11 is 0. The number of aliphatic carboxylic acids is 1. The summed E-state index contributed by atoms with van der Waals surface area (Å²) < 4.78 is 5.65. The highest BCUT2D eigenvalue weighted by Gasteiger charge is 2.39. The van der Waals surface area contributed by atoms with Gasteiger partial charge in [-0.3, -0.25) is 4.79 Å². The molecule has 0 saturated carbocycles. The predicted octanol–water partition coefficient (Wildman–Crippen LogP) is 3.52. The first-order chi connectivity index (χ1) is 16.9. The van der Waals surface area contributed by atoms with E-state index in [1.54, 1.807) is 42.5 Å². The molecule has 1 saturated heterocycles. The van der Waals surface area contributed by atoms with Crippen LogP contribution in [0.25, 0.3) is 0 Å². The standard InChI is InChI=1S/C28H30N2O5/c29-18-20-6-4-7-22(16-20)21-12-14-30(15-13-21)26(31)23-8-5-11-25(17-23)35-19-28(34,27(32)33)24-9-2-1-3-10-24/h1-11,16-17,21,34H,12-15,18-19,29H2,(H,32,33)/t28-/m1/s1. The number of nitrogens with zero attached hydrogens (tertiary/aromatic N) is 1. The topological polar surface area (TPSA) is 113 Å². The van der Waals surface area contributed by atoms with Crippen LogP contribution in [0, 0.1) is 0 Å². The highest BCUT2D eigenvalue weighted by Crippen LogP contribution is 2.30. The quantitative estimate of drug-likeness (QED) is 0.460. The molecule has 1 aliphatic heterocycles. The molecule has 3 aromatic rings. The molecule has 1 heterocycles. The average Bonchev–Trinajstić information content (AvgIpc) is 2.92. The van der Waals surface area contributed by atoms with E-state index in [0.29, 0.717) is 36.9 Å². The van der Waals surface area contributed by atoms with Crippen molar-refractivity contribution in [1.29, 1.82) is 0 Å². The van der Waals surface area contributed by atoms with Crippen molar-refractivity contribution < 1.29 is 24.5 Å². The fourth-order valence-corrected chi connectivity index (χ4v) is 4.46. The van der Waals surface area contributed by atoms with E-state index in [1.807, 2.05) is 17.0 Å². The summed E-state index contributed by atoms with van der Waals surface area (Å²) in [6.45, 7) is 1.32. The van der Waals surface area contributed by atoms with E-state index in [1.165, 1.54) is 17.7 Å². The molecule has 0 radical (unpaired) electrons. The molecule has 182 valence electrons. The summed E-state index contributed by atoms with van der Waals surface area (Å²) in [4.78, 5) is 26.8. The molecule has 1 amide bonds. The number of carboxylic acid groups (broad SMARTS) is 1. The van der Waals surface area contributed by atoms with E-state index < -0.39 is 18.2 Å². The van der Waals surface area contributed by atoms with Crippen molar-refractivity contribution in [2.45, 2.75) is 30.9 Å². The highest BCUT2D eigenvalue weighted by molar-refractivity contribution is 5.94. The Bertz CT molecular complexity index is 1170. The molecule has 7 nitrogen and oxygen atoms in total. The smallest absolute Gasteiger partial charge is 0.344 e. The fourth-order valence-electron chi connectivity index (χ4n) is 4.46. The van der Waals surface area contributed by atoms with Crippen molar-refractivity contribution in [2.24, 2.45) is 5.73 Å². The van der Waals surface area contributed by atoms with Gasteiger partial charge in [-0.2, -0.15) is 0 Å². The first kappa shape index (κ1) is 24.4. The Morgan fingerprint density at radius 1 is 0.971 bits per heavy atom. The van der Waals surface area contributed by atoms with Gasteiger partial charge >= 0.3 is 5.97 Å².